The van der Waals surface area contributed by atoms with Gasteiger partial charge in [-0.15, -0.1) is 0 Å². The van der Waals surface area contributed by atoms with E-state index in [0.717, 1.165) is 29.7 Å². The van der Waals surface area contributed by atoms with Crippen LogP contribution in [0.25, 0.3) is 6.08 Å². The van der Waals surface area contributed by atoms with Crippen LogP contribution in [0, 0.1) is 0 Å². The van der Waals surface area contributed by atoms with Gasteiger partial charge in [-0.2, -0.15) is 0 Å². The lowest BCUT2D eigenvalue weighted by molar-refractivity contribution is 0.104. The molecule has 2 aromatic carbocycles. The average molecular weight is 366 g/mol. The Bertz CT molecular complexity index is 804. The van der Waals surface area contributed by atoms with E-state index >= 15 is 0 Å². The van der Waals surface area contributed by atoms with Crippen molar-refractivity contribution in [2.75, 3.05) is 20.8 Å². The van der Waals surface area contributed by atoms with Crippen LogP contribution in [0.2, 0.25) is 0 Å². The Morgan fingerprint density at radius 1 is 1.07 bits per heavy atom. The maximum absolute atomic E-state index is 12.5. The zero-order chi connectivity index (χ0) is 19.6. The number of methoxy groups -OCH3 is 2. The molecule has 0 N–H and O–H groups in total. The molecule has 0 aliphatic carbocycles. The van der Waals surface area contributed by atoms with Gasteiger partial charge in [0.1, 0.15) is 23.9 Å². The third-order valence-electron chi connectivity index (χ3n) is 4.09. The van der Waals surface area contributed by atoms with Crippen molar-refractivity contribution in [1.29, 1.82) is 0 Å². The summed E-state index contributed by atoms with van der Waals surface area (Å²) in [4.78, 5) is 12.5. The van der Waals surface area contributed by atoms with Gasteiger partial charge in [0.15, 0.2) is 5.78 Å². The molecule has 0 atom stereocenters. The van der Waals surface area contributed by atoms with E-state index in [-0.39, 0.29) is 5.78 Å². The molecule has 0 radical (unpaired) electrons. The van der Waals surface area contributed by atoms with Gasteiger partial charge in [-0.3, -0.25) is 4.79 Å². The molecule has 0 aromatic heterocycles. The highest BCUT2D eigenvalue weighted by Crippen LogP contribution is 2.31. The van der Waals surface area contributed by atoms with Crippen LogP contribution in [0.15, 0.2) is 55.1 Å². The molecule has 0 unspecified atom stereocenters. The Kier molecular flexibility index (Phi) is 7.68. The van der Waals surface area contributed by atoms with Gasteiger partial charge in [0, 0.05) is 17.2 Å². The molecule has 142 valence electrons. The molecule has 0 fully saturated rings. The van der Waals surface area contributed by atoms with Gasteiger partial charge >= 0.3 is 0 Å². The van der Waals surface area contributed by atoms with E-state index in [1.165, 1.54) is 0 Å². The predicted molar refractivity (Wildman–Crippen MR) is 109 cm³/mol. The number of allylic oxidation sites excluding steroid dienone is 1. The van der Waals surface area contributed by atoms with Crippen LogP contribution in [0.5, 0.6) is 17.2 Å². The highest BCUT2D eigenvalue weighted by Gasteiger charge is 2.11. The minimum Gasteiger partial charge on any atom is -0.497 e. The molecular weight excluding hydrogens is 340 g/mol. The quantitative estimate of drug-likeness (QED) is 0.333. The summed E-state index contributed by atoms with van der Waals surface area (Å²) in [6.45, 7) is 6.16. The van der Waals surface area contributed by atoms with E-state index in [4.69, 9.17) is 14.2 Å². The highest BCUT2D eigenvalue weighted by molar-refractivity contribution is 6.07. The van der Waals surface area contributed by atoms with E-state index in [9.17, 15) is 4.79 Å². The Morgan fingerprint density at radius 2 is 1.81 bits per heavy atom. The van der Waals surface area contributed by atoms with Gasteiger partial charge < -0.3 is 14.2 Å². The zero-order valence-electron chi connectivity index (χ0n) is 16.2. The van der Waals surface area contributed by atoms with Gasteiger partial charge in [-0.05, 0) is 48.4 Å². The van der Waals surface area contributed by atoms with E-state index in [0.29, 0.717) is 23.7 Å². The second-order valence-electron chi connectivity index (χ2n) is 5.97. The number of rotatable bonds is 10. The van der Waals surface area contributed by atoms with Crippen molar-refractivity contribution >= 4 is 11.9 Å². The molecule has 0 bridgehead atoms. The van der Waals surface area contributed by atoms with Crippen molar-refractivity contribution in [1.82, 2.24) is 0 Å². The molecule has 0 saturated carbocycles. The second kappa shape index (κ2) is 10.2. The molecule has 0 aliphatic heterocycles. The van der Waals surface area contributed by atoms with Crippen molar-refractivity contribution in [2.45, 2.75) is 19.8 Å². The third-order valence-corrected chi connectivity index (χ3v) is 4.09. The maximum atomic E-state index is 12.5. The lowest BCUT2D eigenvalue weighted by Gasteiger charge is -2.13. The van der Waals surface area contributed by atoms with Crippen LogP contribution in [-0.2, 0) is 6.42 Å². The second-order valence-corrected chi connectivity index (χ2v) is 5.97. The van der Waals surface area contributed by atoms with Gasteiger partial charge in [-0.1, -0.05) is 32.1 Å². The molecule has 0 spiro atoms. The topological polar surface area (TPSA) is 44.8 Å². The normalized spacial score (nSPS) is 10.6. The standard InChI is InChI=1S/C23H26O4/c1-5-7-21-18(15-20(25-3)16-23(21)26-4)10-13-22(24)17-8-11-19(12-9-17)27-14-6-2/h6,8-13,15-16H,2,5,7,14H2,1,3-4H3. The lowest BCUT2D eigenvalue weighted by Crippen LogP contribution is -1.99. The number of ketones is 1. The molecule has 4 heteroatoms. The summed E-state index contributed by atoms with van der Waals surface area (Å²) >= 11 is 0. The van der Waals surface area contributed by atoms with Crippen LogP contribution in [-0.4, -0.2) is 26.6 Å². The number of carbonyl (C=O) groups is 1. The van der Waals surface area contributed by atoms with Crippen molar-refractivity contribution < 1.29 is 19.0 Å². The first-order chi connectivity index (χ1) is 13.1. The average Bonchev–Trinajstić information content (AvgIpc) is 2.71. The van der Waals surface area contributed by atoms with Crippen LogP contribution >= 0.6 is 0 Å². The molecule has 0 amide bonds. The largest absolute Gasteiger partial charge is 0.497 e. The summed E-state index contributed by atoms with van der Waals surface area (Å²) < 4.78 is 16.3. The molecule has 2 aromatic rings. The maximum Gasteiger partial charge on any atom is 0.185 e. The van der Waals surface area contributed by atoms with Gasteiger partial charge in [0.25, 0.3) is 0 Å². The monoisotopic (exact) mass is 366 g/mol. The Morgan fingerprint density at radius 3 is 2.41 bits per heavy atom. The third kappa shape index (κ3) is 5.48. The number of hydrogen-bond donors (Lipinski definition) is 0. The van der Waals surface area contributed by atoms with Crippen molar-refractivity contribution in [2.24, 2.45) is 0 Å². The number of hydrogen-bond acceptors (Lipinski definition) is 4. The van der Waals surface area contributed by atoms with Gasteiger partial charge in [0.2, 0.25) is 0 Å². The first kappa shape index (κ1) is 20.3. The minimum atomic E-state index is -0.0745. The van der Waals surface area contributed by atoms with E-state index in [1.807, 2.05) is 18.2 Å². The summed E-state index contributed by atoms with van der Waals surface area (Å²) in [5.74, 6) is 2.10. The van der Waals surface area contributed by atoms with E-state index in [2.05, 4.69) is 13.5 Å². The molecule has 2 rings (SSSR count). The predicted octanol–water partition coefficient (Wildman–Crippen LogP) is 5.12. The summed E-state index contributed by atoms with van der Waals surface area (Å²) in [5, 5.41) is 0. The van der Waals surface area contributed by atoms with E-state index in [1.54, 1.807) is 50.6 Å². The zero-order valence-corrected chi connectivity index (χ0v) is 16.2. The highest BCUT2D eigenvalue weighted by atomic mass is 16.5. The van der Waals surface area contributed by atoms with Crippen molar-refractivity contribution in [3.05, 3.63) is 71.8 Å². The Hall–Kier alpha value is -3.01. The molecular formula is C23H26O4. The SMILES string of the molecule is C=CCOc1ccc(C(=O)C=Cc2cc(OC)cc(OC)c2CCC)cc1. The summed E-state index contributed by atoms with van der Waals surface area (Å²) in [6.07, 6.45) is 6.91. The van der Waals surface area contributed by atoms with Gasteiger partial charge in [0.05, 0.1) is 14.2 Å². The van der Waals surface area contributed by atoms with Crippen LogP contribution in [0.3, 0.4) is 0 Å². The molecule has 27 heavy (non-hydrogen) atoms. The van der Waals surface area contributed by atoms with Crippen LogP contribution in [0.1, 0.15) is 34.8 Å². The number of benzene rings is 2. The van der Waals surface area contributed by atoms with E-state index < -0.39 is 0 Å². The molecule has 0 aliphatic rings. The molecule has 4 nitrogen and oxygen atoms in total. The summed E-state index contributed by atoms with van der Waals surface area (Å²) in [6, 6.07) is 10.9. The lowest BCUT2D eigenvalue weighted by atomic mass is 10.00. The fourth-order valence-corrected chi connectivity index (χ4v) is 2.74. The molecule has 0 heterocycles. The first-order valence-corrected chi connectivity index (χ1v) is 8.94. The van der Waals surface area contributed by atoms with Crippen LogP contribution < -0.4 is 14.2 Å². The smallest absolute Gasteiger partial charge is 0.185 e. The van der Waals surface area contributed by atoms with Crippen LogP contribution in [0.4, 0.5) is 0 Å². The number of carbonyl (C=O) groups excluding carboxylic acids is 1. The Balaban J connectivity index is 2.25. The molecule has 0 saturated heterocycles. The fraction of sp³-hybridized carbons (Fsp3) is 0.261. The fourth-order valence-electron chi connectivity index (χ4n) is 2.74. The number of ether oxygens (including phenoxy) is 3. The summed E-state index contributed by atoms with van der Waals surface area (Å²) in [7, 11) is 3.26. The van der Waals surface area contributed by atoms with Gasteiger partial charge in [-0.25, -0.2) is 0 Å². The first-order valence-electron chi connectivity index (χ1n) is 8.94. The van der Waals surface area contributed by atoms with Crippen molar-refractivity contribution in [3.63, 3.8) is 0 Å². The van der Waals surface area contributed by atoms with Crippen molar-refractivity contribution in [3.8, 4) is 17.2 Å². The summed E-state index contributed by atoms with van der Waals surface area (Å²) in [5.41, 5.74) is 2.59. The minimum absolute atomic E-state index is 0.0745. The Labute approximate surface area is 161 Å².